The van der Waals surface area contributed by atoms with Crippen molar-refractivity contribution in [3.8, 4) is 5.88 Å². The molecule has 1 aliphatic rings. The zero-order valence-electron chi connectivity index (χ0n) is 12.1. The highest BCUT2D eigenvalue weighted by Crippen LogP contribution is 2.31. The molecule has 0 spiro atoms. The fraction of sp³-hybridized carbons (Fsp3) is 0.667. The number of ether oxygens (including phenoxy) is 1. The van der Waals surface area contributed by atoms with Crippen LogP contribution in [0.3, 0.4) is 0 Å². The lowest BCUT2D eigenvalue weighted by Crippen LogP contribution is -2.25. The van der Waals surface area contributed by atoms with Gasteiger partial charge in [-0.3, -0.25) is 0 Å². The molecule has 0 aromatic carbocycles. The van der Waals surface area contributed by atoms with Gasteiger partial charge >= 0.3 is 0 Å². The molecule has 0 aliphatic heterocycles. The molecular weight excluding hydrogens is 238 g/mol. The molecule has 1 fully saturated rings. The molecule has 4 heteroatoms. The van der Waals surface area contributed by atoms with Gasteiger partial charge in [0.1, 0.15) is 5.82 Å². The Morgan fingerprint density at radius 2 is 2.16 bits per heavy atom. The van der Waals surface area contributed by atoms with Crippen molar-refractivity contribution in [3.05, 3.63) is 12.1 Å². The summed E-state index contributed by atoms with van der Waals surface area (Å²) >= 11 is 0. The first-order valence-corrected chi connectivity index (χ1v) is 7.38. The molecule has 2 N–H and O–H groups in total. The van der Waals surface area contributed by atoms with E-state index in [-0.39, 0.29) is 0 Å². The summed E-state index contributed by atoms with van der Waals surface area (Å²) in [6, 6.07) is 3.89. The van der Waals surface area contributed by atoms with Crippen LogP contribution in [0.1, 0.15) is 39.5 Å². The zero-order chi connectivity index (χ0) is 13.7. The van der Waals surface area contributed by atoms with Crippen molar-refractivity contribution < 1.29 is 4.74 Å². The number of pyridine rings is 1. The second-order valence-electron chi connectivity index (χ2n) is 5.25. The molecule has 1 aliphatic carbocycles. The minimum Gasteiger partial charge on any atom is -0.476 e. The van der Waals surface area contributed by atoms with E-state index in [9.17, 15) is 0 Å². The van der Waals surface area contributed by atoms with Crippen molar-refractivity contribution in [2.45, 2.75) is 39.5 Å². The number of unbranched alkanes of at least 4 members (excludes halogenated alkanes) is 1. The molecule has 4 nitrogen and oxygen atoms in total. The number of aromatic nitrogens is 1. The Bertz CT molecular complexity index is 404. The second-order valence-corrected chi connectivity index (χ2v) is 5.25. The van der Waals surface area contributed by atoms with E-state index in [2.05, 4.69) is 23.7 Å². The Morgan fingerprint density at radius 1 is 1.37 bits per heavy atom. The average molecular weight is 263 g/mol. The number of anilines is 2. The van der Waals surface area contributed by atoms with Crippen LogP contribution in [0.5, 0.6) is 5.88 Å². The smallest absolute Gasteiger partial charge is 0.239 e. The zero-order valence-corrected chi connectivity index (χ0v) is 12.1. The minimum atomic E-state index is 0.597. The Kier molecular flexibility index (Phi) is 4.88. The SMILES string of the molecule is CCCCN(CC)c1ccc(N)c(OCC2CC2)n1. The second kappa shape index (κ2) is 6.64. The lowest BCUT2D eigenvalue weighted by Gasteiger charge is -2.22. The van der Waals surface area contributed by atoms with E-state index in [0.29, 0.717) is 17.5 Å². The van der Waals surface area contributed by atoms with Crippen molar-refractivity contribution in [3.63, 3.8) is 0 Å². The summed E-state index contributed by atoms with van der Waals surface area (Å²) in [5.74, 6) is 2.28. The summed E-state index contributed by atoms with van der Waals surface area (Å²) in [5, 5.41) is 0. The molecule has 1 heterocycles. The molecule has 1 aromatic heterocycles. The Morgan fingerprint density at radius 3 is 2.79 bits per heavy atom. The fourth-order valence-corrected chi connectivity index (χ4v) is 2.00. The number of nitrogen functional groups attached to an aromatic ring is 1. The van der Waals surface area contributed by atoms with Gasteiger partial charge in [0.25, 0.3) is 0 Å². The Labute approximate surface area is 116 Å². The monoisotopic (exact) mass is 263 g/mol. The van der Waals surface area contributed by atoms with Crippen molar-refractivity contribution in [1.82, 2.24) is 4.98 Å². The maximum Gasteiger partial charge on any atom is 0.239 e. The van der Waals surface area contributed by atoms with Crippen LogP contribution in [0.2, 0.25) is 0 Å². The highest BCUT2D eigenvalue weighted by molar-refractivity contribution is 5.54. The summed E-state index contributed by atoms with van der Waals surface area (Å²) < 4.78 is 5.74. The first-order chi connectivity index (χ1) is 9.24. The molecular formula is C15H25N3O. The van der Waals surface area contributed by atoms with E-state index in [1.165, 1.54) is 25.7 Å². The predicted molar refractivity (Wildman–Crippen MR) is 79.7 cm³/mol. The highest BCUT2D eigenvalue weighted by atomic mass is 16.5. The van der Waals surface area contributed by atoms with Gasteiger partial charge < -0.3 is 15.4 Å². The first-order valence-electron chi connectivity index (χ1n) is 7.38. The number of hydrogen-bond acceptors (Lipinski definition) is 4. The third-order valence-electron chi connectivity index (χ3n) is 3.51. The van der Waals surface area contributed by atoms with E-state index in [1.54, 1.807) is 0 Å². The number of nitrogens with zero attached hydrogens (tertiary/aromatic N) is 2. The fourth-order valence-electron chi connectivity index (χ4n) is 2.00. The van der Waals surface area contributed by atoms with E-state index in [4.69, 9.17) is 10.5 Å². The van der Waals surface area contributed by atoms with E-state index in [0.717, 1.165) is 25.5 Å². The van der Waals surface area contributed by atoms with E-state index < -0.39 is 0 Å². The van der Waals surface area contributed by atoms with Crippen molar-refractivity contribution in [2.75, 3.05) is 30.3 Å². The maximum absolute atomic E-state index is 5.93. The van der Waals surface area contributed by atoms with Gasteiger partial charge in [-0.25, -0.2) is 0 Å². The van der Waals surface area contributed by atoms with E-state index >= 15 is 0 Å². The number of rotatable bonds is 8. The van der Waals surface area contributed by atoms with Crippen LogP contribution >= 0.6 is 0 Å². The summed E-state index contributed by atoms with van der Waals surface area (Å²) in [5.41, 5.74) is 6.57. The average Bonchev–Trinajstić information content (AvgIpc) is 3.24. The lowest BCUT2D eigenvalue weighted by atomic mass is 10.3. The third kappa shape index (κ3) is 4.01. The van der Waals surface area contributed by atoms with Crippen molar-refractivity contribution >= 4 is 11.5 Å². The quantitative estimate of drug-likeness (QED) is 0.783. The van der Waals surface area contributed by atoms with Crippen LogP contribution in [-0.4, -0.2) is 24.7 Å². The number of hydrogen-bond donors (Lipinski definition) is 1. The van der Waals surface area contributed by atoms with Gasteiger partial charge in [-0.1, -0.05) is 13.3 Å². The molecule has 0 unspecified atom stereocenters. The summed E-state index contributed by atoms with van der Waals surface area (Å²) in [6.45, 7) is 7.10. The van der Waals surface area contributed by atoms with Gasteiger partial charge in [-0.2, -0.15) is 4.98 Å². The molecule has 1 aromatic rings. The molecule has 0 atom stereocenters. The lowest BCUT2D eigenvalue weighted by molar-refractivity contribution is 0.290. The molecule has 19 heavy (non-hydrogen) atoms. The van der Waals surface area contributed by atoms with Gasteiger partial charge in [0.15, 0.2) is 0 Å². The molecule has 1 saturated carbocycles. The topological polar surface area (TPSA) is 51.4 Å². The highest BCUT2D eigenvalue weighted by Gasteiger charge is 2.22. The van der Waals surface area contributed by atoms with Crippen LogP contribution < -0.4 is 15.4 Å². The van der Waals surface area contributed by atoms with E-state index in [1.807, 2.05) is 12.1 Å². The van der Waals surface area contributed by atoms with Crippen LogP contribution in [0, 0.1) is 5.92 Å². The normalized spacial score (nSPS) is 14.4. The van der Waals surface area contributed by atoms with Crippen molar-refractivity contribution in [1.29, 1.82) is 0 Å². The third-order valence-corrected chi connectivity index (χ3v) is 3.51. The summed E-state index contributed by atoms with van der Waals surface area (Å²) in [4.78, 5) is 6.85. The Balaban J connectivity index is 2.03. The first kappa shape index (κ1) is 14.0. The van der Waals surface area contributed by atoms with Crippen LogP contribution in [0.4, 0.5) is 11.5 Å². The minimum absolute atomic E-state index is 0.597. The molecule has 0 bridgehead atoms. The molecule has 0 saturated heterocycles. The van der Waals surface area contributed by atoms with Gasteiger partial charge in [-0.05, 0) is 44.2 Å². The van der Waals surface area contributed by atoms with Gasteiger partial charge in [0.2, 0.25) is 5.88 Å². The maximum atomic E-state index is 5.93. The van der Waals surface area contributed by atoms with Crippen LogP contribution in [-0.2, 0) is 0 Å². The molecule has 106 valence electrons. The Hall–Kier alpha value is -1.45. The summed E-state index contributed by atoms with van der Waals surface area (Å²) in [6.07, 6.45) is 4.92. The van der Waals surface area contributed by atoms with Crippen LogP contribution in [0.25, 0.3) is 0 Å². The van der Waals surface area contributed by atoms with Gasteiger partial charge in [-0.15, -0.1) is 0 Å². The molecule has 2 rings (SSSR count). The van der Waals surface area contributed by atoms with Gasteiger partial charge in [0.05, 0.1) is 12.3 Å². The predicted octanol–water partition coefficient (Wildman–Crippen LogP) is 3.08. The largest absolute Gasteiger partial charge is 0.476 e. The summed E-state index contributed by atoms with van der Waals surface area (Å²) in [7, 11) is 0. The standard InChI is InChI=1S/C15H25N3O/c1-3-5-10-18(4-2)14-9-8-13(16)15(17-14)19-11-12-6-7-12/h8-9,12H,3-7,10-11,16H2,1-2H3. The molecule has 0 radical (unpaired) electrons. The molecule has 0 amide bonds. The van der Waals surface area contributed by atoms with Crippen molar-refractivity contribution in [2.24, 2.45) is 5.92 Å². The van der Waals surface area contributed by atoms with Crippen LogP contribution in [0.15, 0.2) is 12.1 Å². The number of nitrogens with two attached hydrogens (primary N) is 1. The van der Waals surface area contributed by atoms with Gasteiger partial charge in [0, 0.05) is 13.1 Å².